The van der Waals surface area contributed by atoms with E-state index in [0.29, 0.717) is 28.9 Å². The molecule has 0 radical (unpaired) electrons. The number of hydrogen-bond donors (Lipinski definition) is 1. The first-order valence-corrected chi connectivity index (χ1v) is 9.77. The summed E-state index contributed by atoms with van der Waals surface area (Å²) in [6.07, 6.45) is 6.94. The molecule has 0 unspecified atom stereocenters. The lowest BCUT2D eigenvalue weighted by molar-refractivity contribution is 0.101. The molecule has 0 atom stereocenters. The van der Waals surface area contributed by atoms with Crippen molar-refractivity contribution in [1.29, 1.82) is 0 Å². The van der Waals surface area contributed by atoms with Crippen LogP contribution in [0.25, 0.3) is 5.69 Å². The van der Waals surface area contributed by atoms with Gasteiger partial charge >= 0.3 is 0 Å². The first-order valence-electron chi connectivity index (χ1n) is 9.77. The summed E-state index contributed by atoms with van der Waals surface area (Å²) in [6.45, 7) is 0. The SMILES string of the molecule is O=C(Nc1ccc(Oc2cnccn2)cc1)c1cc(C2CC2)nn1-c1ccccc1. The zero-order chi connectivity index (χ0) is 20.3. The second-order valence-corrected chi connectivity index (χ2v) is 7.10. The van der Waals surface area contributed by atoms with Gasteiger partial charge in [-0.15, -0.1) is 0 Å². The molecular formula is C23H19N5O2. The van der Waals surface area contributed by atoms with Gasteiger partial charge in [-0.3, -0.25) is 9.78 Å². The van der Waals surface area contributed by atoms with E-state index >= 15 is 0 Å². The van der Waals surface area contributed by atoms with E-state index in [-0.39, 0.29) is 5.91 Å². The molecule has 5 rings (SSSR count). The van der Waals surface area contributed by atoms with Crippen LogP contribution in [0.5, 0.6) is 11.6 Å². The summed E-state index contributed by atoms with van der Waals surface area (Å²) in [5, 5.41) is 7.64. The molecule has 2 aromatic carbocycles. The average molecular weight is 397 g/mol. The van der Waals surface area contributed by atoms with Gasteiger partial charge in [0.05, 0.1) is 17.6 Å². The molecule has 1 saturated carbocycles. The summed E-state index contributed by atoms with van der Waals surface area (Å²) in [6, 6.07) is 18.7. The molecule has 1 fully saturated rings. The van der Waals surface area contributed by atoms with Gasteiger partial charge in [-0.1, -0.05) is 18.2 Å². The number of aromatic nitrogens is 4. The van der Waals surface area contributed by atoms with Gasteiger partial charge in [0, 0.05) is 24.0 Å². The van der Waals surface area contributed by atoms with Gasteiger partial charge in [0.15, 0.2) is 0 Å². The van der Waals surface area contributed by atoms with E-state index in [9.17, 15) is 4.79 Å². The van der Waals surface area contributed by atoms with Crippen LogP contribution in [0.2, 0.25) is 0 Å². The topological polar surface area (TPSA) is 81.9 Å². The van der Waals surface area contributed by atoms with Gasteiger partial charge in [0.1, 0.15) is 11.4 Å². The fourth-order valence-corrected chi connectivity index (χ4v) is 3.17. The summed E-state index contributed by atoms with van der Waals surface area (Å²) in [5.74, 6) is 1.27. The predicted molar refractivity (Wildman–Crippen MR) is 112 cm³/mol. The Morgan fingerprint density at radius 2 is 1.83 bits per heavy atom. The molecule has 1 aliphatic carbocycles. The Kier molecular flexibility index (Phi) is 4.69. The summed E-state index contributed by atoms with van der Waals surface area (Å²) in [7, 11) is 0. The Hall–Kier alpha value is -4.00. The minimum Gasteiger partial charge on any atom is -0.438 e. The van der Waals surface area contributed by atoms with E-state index in [1.807, 2.05) is 36.4 Å². The fraction of sp³-hybridized carbons (Fsp3) is 0.130. The van der Waals surface area contributed by atoms with E-state index in [1.165, 1.54) is 6.20 Å². The van der Waals surface area contributed by atoms with E-state index in [2.05, 4.69) is 20.4 Å². The van der Waals surface area contributed by atoms with E-state index < -0.39 is 0 Å². The summed E-state index contributed by atoms with van der Waals surface area (Å²) < 4.78 is 7.35. The summed E-state index contributed by atoms with van der Waals surface area (Å²) in [5.41, 5.74) is 3.02. The number of para-hydroxylation sites is 1. The highest BCUT2D eigenvalue weighted by molar-refractivity contribution is 6.03. The summed E-state index contributed by atoms with van der Waals surface area (Å²) in [4.78, 5) is 21.1. The van der Waals surface area contributed by atoms with Crippen molar-refractivity contribution in [2.24, 2.45) is 0 Å². The molecule has 30 heavy (non-hydrogen) atoms. The van der Waals surface area contributed by atoms with Crippen LogP contribution in [0.1, 0.15) is 34.9 Å². The number of rotatable bonds is 6. The van der Waals surface area contributed by atoms with E-state index in [4.69, 9.17) is 4.74 Å². The summed E-state index contributed by atoms with van der Waals surface area (Å²) >= 11 is 0. The van der Waals surface area contributed by atoms with Crippen LogP contribution in [0.3, 0.4) is 0 Å². The Labute approximate surface area is 173 Å². The van der Waals surface area contributed by atoms with Gasteiger partial charge in [-0.05, 0) is 55.3 Å². The van der Waals surface area contributed by atoms with Crippen LogP contribution in [0.15, 0.2) is 79.3 Å². The molecule has 0 spiro atoms. The Balaban J connectivity index is 1.35. The van der Waals surface area contributed by atoms with Crippen molar-refractivity contribution in [2.75, 3.05) is 5.32 Å². The maximum atomic E-state index is 13.0. The van der Waals surface area contributed by atoms with Crippen LogP contribution in [0, 0.1) is 0 Å². The van der Waals surface area contributed by atoms with Crippen molar-refractivity contribution in [2.45, 2.75) is 18.8 Å². The molecule has 0 saturated heterocycles. The van der Waals surface area contributed by atoms with Gasteiger partial charge in [-0.2, -0.15) is 5.10 Å². The third-order valence-corrected chi connectivity index (χ3v) is 4.83. The van der Waals surface area contributed by atoms with Crippen LogP contribution in [-0.4, -0.2) is 25.7 Å². The molecule has 0 aliphatic heterocycles. The highest BCUT2D eigenvalue weighted by atomic mass is 16.5. The fourth-order valence-electron chi connectivity index (χ4n) is 3.17. The lowest BCUT2D eigenvalue weighted by atomic mass is 10.2. The highest BCUT2D eigenvalue weighted by Crippen LogP contribution is 2.39. The molecule has 2 heterocycles. The quantitative estimate of drug-likeness (QED) is 0.515. The van der Waals surface area contributed by atoms with Crippen LogP contribution < -0.4 is 10.1 Å². The van der Waals surface area contributed by atoms with E-state index in [0.717, 1.165) is 24.2 Å². The van der Waals surface area contributed by atoms with E-state index in [1.54, 1.807) is 41.3 Å². The Morgan fingerprint density at radius 3 is 2.53 bits per heavy atom. The highest BCUT2D eigenvalue weighted by Gasteiger charge is 2.29. The van der Waals surface area contributed by atoms with Crippen LogP contribution in [-0.2, 0) is 0 Å². The Bertz CT molecular complexity index is 1150. The third kappa shape index (κ3) is 3.91. The zero-order valence-electron chi connectivity index (χ0n) is 16.1. The van der Waals surface area contributed by atoms with Crippen molar-refractivity contribution in [3.63, 3.8) is 0 Å². The molecular weight excluding hydrogens is 378 g/mol. The number of amides is 1. The smallest absolute Gasteiger partial charge is 0.274 e. The molecule has 1 amide bonds. The Morgan fingerprint density at radius 1 is 1.03 bits per heavy atom. The third-order valence-electron chi connectivity index (χ3n) is 4.83. The van der Waals surface area contributed by atoms with Gasteiger partial charge in [-0.25, -0.2) is 9.67 Å². The van der Waals surface area contributed by atoms with Crippen molar-refractivity contribution in [1.82, 2.24) is 19.7 Å². The van der Waals surface area contributed by atoms with Gasteiger partial charge in [0.25, 0.3) is 5.91 Å². The zero-order valence-corrected chi connectivity index (χ0v) is 16.1. The number of ether oxygens (including phenoxy) is 1. The van der Waals surface area contributed by atoms with Crippen LogP contribution >= 0.6 is 0 Å². The molecule has 1 N–H and O–H groups in total. The first-order chi connectivity index (χ1) is 14.8. The van der Waals surface area contributed by atoms with Crippen LogP contribution in [0.4, 0.5) is 5.69 Å². The molecule has 4 aromatic rings. The number of nitrogens with one attached hydrogen (secondary N) is 1. The average Bonchev–Trinajstić information content (AvgIpc) is 3.54. The number of nitrogens with zero attached hydrogens (tertiary/aromatic N) is 4. The number of anilines is 1. The van der Waals surface area contributed by atoms with Crippen molar-refractivity contribution < 1.29 is 9.53 Å². The van der Waals surface area contributed by atoms with Gasteiger partial charge < -0.3 is 10.1 Å². The number of carbonyl (C=O) groups is 1. The van der Waals surface area contributed by atoms with Crippen molar-refractivity contribution in [3.05, 3.63) is 90.6 Å². The monoisotopic (exact) mass is 397 g/mol. The second kappa shape index (κ2) is 7.79. The van der Waals surface area contributed by atoms with Crippen molar-refractivity contribution >= 4 is 11.6 Å². The molecule has 2 aromatic heterocycles. The standard InChI is InChI=1S/C23H19N5O2/c29-23(26-17-8-10-19(11-9-17)30-22-15-24-12-13-25-22)21-14-20(16-6-7-16)27-28(21)18-4-2-1-3-5-18/h1-5,8-16H,6-7H2,(H,26,29). The maximum absolute atomic E-state index is 13.0. The van der Waals surface area contributed by atoms with Crippen molar-refractivity contribution in [3.8, 4) is 17.3 Å². The molecule has 148 valence electrons. The largest absolute Gasteiger partial charge is 0.438 e. The minimum atomic E-state index is -0.208. The second-order valence-electron chi connectivity index (χ2n) is 7.10. The molecule has 0 bridgehead atoms. The minimum absolute atomic E-state index is 0.208. The number of hydrogen-bond acceptors (Lipinski definition) is 5. The molecule has 7 nitrogen and oxygen atoms in total. The number of carbonyl (C=O) groups excluding carboxylic acids is 1. The normalized spacial score (nSPS) is 13.1. The lowest BCUT2D eigenvalue weighted by Crippen LogP contribution is -2.16. The maximum Gasteiger partial charge on any atom is 0.274 e. The first kappa shape index (κ1) is 18.1. The lowest BCUT2D eigenvalue weighted by Gasteiger charge is -2.09. The molecule has 7 heteroatoms. The number of benzene rings is 2. The predicted octanol–water partition coefficient (Wildman–Crippen LogP) is 4.58. The molecule has 1 aliphatic rings. The van der Waals surface area contributed by atoms with Gasteiger partial charge in [0.2, 0.25) is 5.88 Å².